The molecule has 1 heterocycles. The molecular weight excluding hydrogens is 182 g/mol. The fourth-order valence-corrected chi connectivity index (χ4v) is 1.48. The Morgan fingerprint density at radius 3 is 2.79 bits per heavy atom. The van der Waals surface area contributed by atoms with Crippen LogP contribution in [0.2, 0.25) is 0 Å². The standard InChI is InChI=1S/C10H9NO3/c1-14-10(13)8-9(12)6-4-2-3-5-7(6)11-8/h2-5,8,11H,1H3/t8-/m1/s1. The molecule has 1 aliphatic rings. The quantitative estimate of drug-likeness (QED) is 0.527. The first kappa shape index (κ1) is 8.74. The first-order valence-electron chi connectivity index (χ1n) is 4.21. The fourth-order valence-electron chi connectivity index (χ4n) is 1.48. The smallest absolute Gasteiger partial charge is 0.336 e. The second-order valence-electron chi connectivity index (χ2n) is 3.01. The van der Waals surface area contributed by atoms with Crippen LogP contribution in [0.3, 0.4) is 0 Å². The van der Waals surface area contributed by atoms with Gasteiger partial charge in [0.1, 0.15) is 0 Å². The van der Waals surface area contributed by atoms with Crippen molar-refractivity contribution < 1.29 is 14.3 Å². The SMILES string of the molecule is COC(=O)[C@@H]1Nc2ccccc2C1=O. The Morgan fingerprint density at radius 1 is 1.43 bits per heavy atom. The Bertz CT molecular complexity index is 400. The highest BCUT2D eigenvalue weighted by Crippen LogP contribution is 2.25. The molecule has 2 rings (SSSR count). The number of nitrogens with one attached hydrogen (secondary N) is 1. The van der Waals surface area contributed by atoms with Gasteiger partial charge in [0.05, 0.1) is 7.11 Å². The number of carbonyl (C=O) groups is 2. The summed E-state index contributed by atoms with van der Waals surface area (Å²) in [5, 5.41) is 2.81. The molecule has 0 aromatic heterocycles. The molecule has 0 bridgehead atoms. The Balaban J connectivity index is 2.35. The number of rotatable bonds is 1. The molecule has 0 spiro atoms. The van der Waals surface area contributed by atoms with Gasteiger partial charge < -0.3 is 10.1 Å². The third kappa shape index (κ3) is 1.16. The number of anilines is 1. The first-order chi connectivity index (χ1) is 6.74. The predicted octanol–water partition coefficient (Wildman–Crippen LogP) is 0.836. The Morgan fingerprint density at radius 2 is 2.14 bits per heavy atom. The lowest BCUT2D eigenvalue weighted by atomic mass is 10.1. The summed E-state index contributed by atoms with van der Waals surface area (Å²) in [5.41, 5.74) is 1.23. The van der Waals surface area contributed by atoms with Crippen LogP contribution in [0.15, 0.2) is 24.3 Å². The molecule has 14 heavy (non-hydrogen) atoms. The molecule has 4 heteroatoms. The zero-order valence-electron chi connectivity index (χ0n) is 7.61. The fraction of sp³-hybridized carbons (Fsp3) is 0.200. The molecule has 1 aliphatic heterocycles. The summed E-state index contributed by atoms with van der Waals surface area (Å²) in [6.07, 6.45) is 0. The van der Waals surface area contributed by atoms with E-state index >= 15 is 0 Å². The van der Waals surface area contributed by atoms with E-state index in [9.17, 15) is 9.59 Å². The highest BCUT2D eigenvalue weighted by atomic mass is 16.5. The topological polar surface area (TPSA) is 55.4 Å². The summed E-state index contributed by atoms with van der Waals surface area (Å²) in [4.78, 5) is 22.8. The van der Waals surface area contributed by atoms with Gasteiger partial charge in [0.25, 0.3) is 0 Å². The lowest BCUT2D eigenvalue weighted by Crippen LogP contribution is -2.33. The van der Waals surface area contributed by atoms with Gasteiger partial charge in [-0.2, -0.15) is 0 Å². The number of esters is 1. The average molecular weight is 191 g/mol. The number of hydrogen-bond acceptors (Lipinski definition) is 4. The summed E-state index contributed by atoms with van der Waals surface area (Å²) >= 11 is 0. The molecule has 1 aromatic carbocycles. The molecule has 0 radical (unpaired) electrons. The number of hydrogen-bond donors (Lipinski definition) is 1. The maximum atomic E-state index is 11.6. The molecule has 0 saturated heterocycles. The molecule has 0 unspecified atom stereocenters. The van der Waals surface area contributed by atoms with Gasteiger partial charge in [-0.25, -0.2) is 4.79 Å². The zero-order valence-corrected chi connectivity index (χ0v) is 7.61. The minimum Gasteiger partial charge on any atom is -0.467 e. The van der Waals surface area contributed by atoms with E-state index < -0.39 is 12.0 Å². The van der Waals surface area contributed by atoms with E-state index in [0.717, 1.165) is 0 Å². The number of methoxy groups -OCH3 is 1. The zero-order chi connectivity index (χ0) is 10.1. The van der Waals surface area contributed by atoms with E-state index in [2.05, 4.69) is 10.1 Å². The molecule has 1 aromatic rings. The van der Waals surface area contributed by atoms with Crippen molar-refractivity contribution >= 4 is 17.4 Å². The summed E-state index contributed by atoms with van der Waals surface area (Å²) in [6.45, 7) is 0. The maximum Gasteiger partial charge on any atom is 0.336 e. The van der Waals surface area contributed by atoms with E-state index in [1.165, 1.54) is 7.11 Å². The van der Waals surface area contributed by atoms with E-state index in [0.29, 0.717) is 11.3 Å². The van der Waals surface area contributed by atoms with Gasteiger partial charge in [-0.1, -0.05) is 12.1 Å². The van der Waals surface area contributed by atoms with Gasteiger partial charge >= 0.3 is 5.97 Å². The summed E-state index contributed by atoms with van der Waals surface area (Å²) in [6, 6.07) is 6.14. The van der Waals surface area contributed by atoms with Crippen molar-refractivity contribution in [1.29, 1.82) is 0 Å². The summed E-state index contributed by atoms with van der Waals surface area (Å²) in [7, 11) is 1.26. The molecule has 1 N–H and O–H groups in total. The second kappa shape index (κ2) is 3.14. The van der Waals surface area contributed by atoms with Crippen molar-refractivity contribution in [3.63, 3.8) is 0 Å². The Kier molecular flexibility index (Phi) is 1.96. The largest absolute Gasteiger partial charge is 0.467 e. The van der Waals surface area contributed by atoms with E-state index in [1.54, 1.807) is 24.3 Å². The van der Waals surface area contributed by atoms with Crippen molar-refractivity contribution in [1.82, 2.24) is 0 Å². The van der Waals surface area contributed by atoms with Crippen molar-refractivity contribution in [2.45, 2.75) is 6.04 Å². The monoisotopic (exact) mass is 191 g/mol. The van der Waals surface area contributed by atoms with Crippen molar-refractivity contribution in [2.75, 3.05) is 12.4 Å². The van der Waals surface area contributed by atoms with E-state index in [1.807, 2.05) is 0 Å². The number of Topliss-reactive ketones (excluding diaryl/α,β-unsaturated/α-hetero) is 1. The number of ether oxygens (including phenoxy) is 1. The highest BCUT2D eigenvalue weighted by molar-refractivity contribution is 6.20. The normalized spacial score (nSPS) is 18.6. The van der Waals surface area contributed by atoms with E-state index in [-0.39, 0.29) is 5.78 Å². The first-order valence-corrected chi connectivity index (χ1v) is 4.21. The van der Waals surface area contributed by atoms with Crippen LogP contribution in [0.25, 0.3) is 0 Å². The minimum absolute atomic E-state index is 0.229. The van der Waals surface area contributed by atoms with Crippen LogP contribution in [0, 0.1) is 0 Å². The van der Waals surface area contributed by atoms with Gasteiger partial charge in [0.2, 0.25) is 0 Å². The average Bonchev–Trinajstić information content (AvgIpc) is 2.56. The summed E-state index contributed by atoms with van der Waals surface area (Å²) in [5.74, 6) is -0.779. The molecule has 0 amide bonds. The number of fused-ring (bicyclic) bond motifs is 1. The van der Waals surface area contributed by atoms with Crippen molar-refractivity contribution in [3.8, 4) is 0 Å². The van der Waals surface area contributed by atoms with Crippen LogP contribution < -0.4 is 5.32 Å². The Labute approximate surface area is 80.9 Å². The number of ketones is 1. The predicted molar refractivity (Wildman–Crippen MR) is 50.2 cm³/mol. The molecule has 4 nitrogen and oxygen atoms in total. The van der Waals surface area contributed by atoms with E-state index in [4.69, 9.17) is 0 Å². The number of benzene rings is 1. The van der Waals surface area contributed by atoms with Gasteiger partial charge in [0.15, 0.2) is 11.8 Å². The van der Waals surface area contributed by atoms with Crippen molar-refractivity contribution in [2.24, 2.45) is 0 Å². The van der Waals surface area contributed by atoms with Crippen molar-refractivity contribution in [3.05, 3.63) is 29.8 Å². The van der Waals surface area contributed by atoms with Crippen LogP contribution in [0.1, 0.15) is 10.4 Å². The van der Waals surface area contributed by atoms with Gasteiger partial charge in [-0.15, -0.1) is 0 Å². The number of para-hydroxylation sites is 1. The van der Waals surface area contributed by atoms with Gasteiger partial charge in [-0.05, 0) is 12.1 Å². The van der Waals surface area contributed by atoms with Crippen LogP contribution in [0.5, 0.6) is 0 Å². The molecule has 0 saturated carbocycles. The van der Waals surface area contributed by atoms with Gasteiger partial charge in [-0.3, -0.25) is 4.79 Å². The third-order valence-corrected chi connectivity index (χ3v) is 2.19. The maximum absolute atomic E-state index is 11.6. The Hall–Kier alpha value is -1.84. The summed E-state index contributed by atoms with van der Waals surface area (Å²) < 4.78 is 4.51. The number of carbonyl (C=O) groups excluding carboxylic acids is 2. The lowest BCUT2D eigenvalue weighted by molar-refractivity contribution is -0.140. The minimum atomic E-state index is -0.877. The van der Waals surface area contributed by atoms with Crippen LogP contribution in [0.4, 0.5) is 5.69 Å². The third-order valence-electron chi connectivity index (χ3n) is 2.19. The van der Waals surface area contributed by atoms with Gasteiger partial charge in [0, 0.05) is 11.3 Å². The lowest BCUT2D eigenvalue weighted by Gasteiger charge is -2.05. The van der Waals surface area contributed by atoms with Crippen LogP contribution >= 0.6 is 0 Å². The molecule has 72 valence electrons. The molecule has 1 atom stereocenters. The van der Waals surface area contributed by atoms with Crippen LogP contribution in [-0.4, -0.2) is 24.9 Å². The molecular formula is C10H9NO3. The molecule has 0 aliphatic carbocycles. The highest BCUT2D eigenvalue weighted by Gasteiger charge is 2.35. The molecule has 0 fully saturated rings. The van der Waals surface area contributed by atoms with Crippen LogP contribution in [-0.2, 0) is 9.53 Å². The second-order valence-corrected chi connectivity index (χ2v) is 3.01.